The fraction of sp³-hybridized carbons (Fsp3) is 0.933. The average molecular weight is 257 g/mol. The van der Waals surface area contributed by atoms with Gasteiger partial charge in [0.1, 0.15) is 0 Å². The van der Waals surface area contributed by atoms with Crippen LogP contribution in [0.4, 0.5) is 0 Å². The summed E-state index contributed by atoms with van der Waals surface area (Å²) in [4.78, 5) is 12.6. The summed E-state index contributed by atoms with van der Waals surface area (Å²) < 4.78 is 5.18. The van der Waals surface area contributed by atoms with Crippen LogP contribution in [0.15, 0.2) is 0 Å². The Morgan fingerprint density at radius 2 is 1.61 bits per heavy atom. The van der Waals surface area contributed by atoms with E-state index in [1.54, 1.807) is 6.92 Å². The van der Waals surface area contributed by atoms with Crippen LogP contribution < -0.4 is 0 Å². The molecule has 1 fully saturated rings. The summed E-state index contributed by atoms with van der Waals surface area (Å²) in [6, 6.07) is 0. The van der Waals surface area contributed by atoms with Crippen LogP contribution in [0.3, 0.4) is 0 Å². The number of unbranched alkanes of at least 4 members (excludes halogenated alkanes) is 5. The molecule has 0 aromatic carbocycles. The van der Waals surface area contributed by atoms with Crippen LogP contribution in [0.1, 0.15) is 65.7 Å². The van der Waals surface area contributed by atoms with Crippen LogP contribution in [0, 0.1) is 0 Å². The quantitative estimate of drug-likeness (QED) is 0.704. The van der Waals surface area contributed by atoms with Crippen molar-refractivity contribution in [2.24, 2.45) is 0 Å². The first-order valence-corrected chi connectivity index (χ1v) is 7.55. The summed E-state index contributed by atoms with van der Waals surface area (Å²) in [5.74, 6) is 0.158. The Hall–Kier alpha value is -0.570. The Morgan fingerprint density at radius 3 is 2.11 bits per heavy atom. The predicted octanol–water partition coefficient (Wildman–Crippen LogP) is 3.62. The molecular formula is C15H31NO2. The van der Waals surface area contributed by atoms with Gasteiger partial charge in [-0.15, -0.1) is 0 Å². The molecule has 0 bridgehead atoms. The Bertz CT molecular complexity index is 181. The second-order valence-corrected chi connectivity index (χ2v) is 4.89. The van der Waals surface area contributed by atoms with Crippen molar-refractivity contribution in [3.63, 3.8) is 0 Å². The zero-order valence-corrected chi connectivity index (χ0v) is 12.5. The molecule has 1 aliphatic heterocycles. The molecule has 0 radical (unpaired) electrons. The third kappa shape index (κ3) is 10.6. The van der Waals surface area contributed by atoms with Crippen LogP contribution in [-0.2, 0) is 9.53 Å². The number of hydrogen-bond acceptors (Lipinski definition) is 2. The van der Waals surface area contributed by atoms with Gasteiger partial charge >= 0.3 is 0 Å². The molecule has 1 heterocycles. The predicted molar refractivity (Wildman–Crippen MR) is 76.7 cm³/mol. The Labute approximate surface area is 113 Å². The maximum absolute atomic E-state index is 10.8. The highest BCUT2D eigenvalue weighted by atomic mass is 16.5. The van der Waals surface area contributed by atoms with Crippen molar-refractivity contribution in [1.82, 2.24) is 4.90 Å². The number of carbonyl (C=O) groups is 1. The number of carbonyl (C=O) groups excluding carboxylic acids is 1. The largest absolute Gasteiger partial charge is 0.380 e. The third-order valence-electron chi connectivity index (χ3n) is 3.12. The van der Waals surface area contributed by atoms with Gasteiger partial charge < -0.3 is 9.64 Å². The van der Waals surface area contributed by atoms with E-state index in [-0.39, 0.29) is 5.91 Å². The van der Waals surface area contributed by atoms with E-state index in [0.29, 0.717) is 6.61 Å². The van der Waals surface area contributed by atoms with E-state index in [1.165, 1.54) is 38.5 Å². The van der Waals surface area contributed by atoms with E-state index in [0.717, 1.165) is 26.1 Å². The molecule has 0 aromatic rings. The molecule has 18 heavy (non-hydrogen) atoms. The molecule has 3 heteroatoms. The van der Waals surface area contributed by atoms with Gasteiger partial charge in [-0.05, 0) is 6.42 Å². The SMILES string of the molecule is CC(=O)N1CCCOCC1.CCCCCCCC. The zero-order valence-electron chi connectivity index (χ0n) is 12.5. The molecule has 0 unspecified atom stereocenters. The summed E-state index contributed by atoms with van der Waals surface area (Å²) in [6.07, 6.45) is 9.46. The van der Waals surface area contributed by atoms with Crippen molar-refractivity contribution in [3.8, 4) is 0 Å². The lowest BCUT2D eigenvalue weighted by Crippen LogP contribution is -2.30. The van der Waals surface area contributed by atoms with Gasteiger partial charge in [-0.3, -0.25) is 4.79 Å². The van der Waals surface area contributed by atoms with E-state index in [2.05, 4.69) is 13.8 Å². The summed E-state index contributed by atoms with van der Waals surface area (Å²) in [6.45, 7) is 9.22. The smallest absolute Gasteiger partial charge is 0.219 e. The fourth-order valence-corrected chi connectivity index (χ4v) is 1.91. The van der Waals surface area contributed by atoms with E-state index < -0.39 is 0 Å². The topological polar surface area (TPSA) is 29.5 Å². The average Bonchev–Trinajstić information content (AvgIpc) is 2.64. The minimum absolute atomic E-state index is 0.158. The number of ether oxygens (including phenoxy) is 1. The molecule has 1 rings (SSSR count). The third-order valence-corrected chi connectivity index (χ3v) is 3.12. The van der Waals surface area contributed by atoms with Crippen molar-refractivity contribution in [2.75, 3.05) is 26.3 Å². The van der Waals surface area contributed by atoms with Crippen molar-refractivity contribution in [2.45, 2.75) is 65.7 Å². The fourth-order valence-electron chi connectivity index (χ4n) is 1.91. The minimum atomic E-state index is 0.158. The van der Waals surface area contributed by atoms with Crippen LogP contribution in [0.25, 0.3) is 0 Å². The first kappa shape index (κ1) is 17.4. The van der Waals surface area contributed by atoms with Gasteiger partial charge in [-0.25, -0.2) is 0 Å². The maximum Gasteiger partial charge on any atom is 0.219 e. The van der Waals surface area contributed by atoms with E-state index in [4.69, 9.17) is 4.74 Å². The van der Waals surface area contributed by atoms with Crippen molar-refractivity contribution in [1.29, 1.82) is 0 Å². The van der Waals surface area contributed by atoms with Gasteiger partial charge in [0.05, 0.1) is 6.61 Å². The Morgan fingerprint density at radius 1 is 1.00 bits per heavy atom. The second kappa shape index (κ2) is 12.9. The molecule has 0 N–H and O–H groups in total. The molecule has 108 valence electrons. The number of hydrogen-bond donors (Lipinski definition) is 0. The normalized spacial score (nSPS) is 15.6. The molecule has 3 nitrogen and oxygen atoms in total. The van der Waals surface area contributed by atoms with Crippen molar-refractivity contribution in [3.05, 3.63) is 0 Å². The number of nitrogens with zero attached hydrogens (tertiary/aromatic N) is 1. The van der Waals surface area contributed by atoms with Gasteiger partial charge in [0.25, 0.3) is 0 Å². The Kier molecular flexibility index (Phi) is 12.5. The summed E-state index contributed by atoms with van der Waals surface area (Å²) in [5.41, 5.74) is 0. The van der Waals surface area contributed by atoms with Crippen LogP contribution in [0.2, 0.25) is 0 Å². The number of rotatable bonds is 5. The molecule has 0 atom stereocenters. The highest BCUT2D eigenvalue weighted by Gasteiger charge is 2.10. The lowest BCUT2D eigenvalue weighted by Gasteiger charge is -2.16. The first-order valence-electron chi connectivity index (χ1n) is 7.55. The first-order chi connectivity index (χ1) is 8.72. The zero-order chi connectivity index (χ0) is 13.6. The van der Waals surface area contributed by atoms with E-state index in [1.807, 2.05) is 4.90 Å². The molecule has 0 aliphatic carbocycles. The second-order valence-electron chi connectivity index (χ2n) is 4.89. The lowest BCUT2D eigenvalue weighted by atomic mass is 10.1. The van der Waals surface area contributed by atoms with E-state index >= 15 is 0 Å². The molecule has 0 aromatic heterocycles. The molecular weight excluding hydrogens is 226 g/mol. The molecule has 1 amide bonds. The lowest BCUT2D eigenvalue weighted by molar-refractivity contribution is -0.128. The molecule has 0 saturated carbocycles. The monoisotopic (exact) mass is 257 g/mol. The van der Waals surface area contributed by atoms with Gasteiger partial charge in [0, 0.05) is 26.6 Å². The summed E-state index contributed by atoms with van der Waals surface area (Å²) in [7, 11) is 0. The van der Waals surface area contributed by atoms with Crippen molar-refractivity contribution < 1.29 is 9.53 Å². The highest BCUT2D eigenvalue weighted by molar-refractivity contribution is 5.73. The molecule has 1 saturated heterocycles. The minimum Gasteiger partial charge on any atom is -0.380 e. The van der Waals surface area contributed by atoms with Gasteiger partial charge in [0.2, 0.25) is 5.91 Å². The summed E-state index contributed by atoms with van der Waals surface area (Å²) in [5, 5.41) is 0. The van der Waals surface area contributed by atoms with Gasteiger partial charge in [-0.2, -0.15) is 0 Å². The standard InChI is InChI=1S/C8H18.C7H13NO2/c1-3-5-7-8-6-4-2;1-7(9)8-3-2-5-10-6-4-8/h3-8H2,1-2H3;2-6H2,1H3. The van der Waals surface area contributed by atoms with Crippen molar-refractivity contribution >= 4 is 5.91 Å². The van der Waals surface area contributed by atoms with Gasteiger partial charge in [-0.1, -0.05) is 52.4 Å². The van der Waals surface area contributed by atoms with E-state index in [9.17, 15) is 4.79 Å². The maximum atomic E-state index is 10.8. The highest BCUT2D eigenvalue weighted by Crippen LogP contribution is 2.03. The van der Waals surface area contributed by atoms with Crippen LogP contribution >= 0.6 is 0 Å². The Balaban J connectivity index is 0.000000331. The van der Waals surface area contributed by atoms with Crippen LogP contribution in [-0.4, -0.2) is 37.1 Å². The van der Waals surface area contributed by atoms with Gasteiger partial charge in [0.15, 0.2) is 0 Å². The molecule has 0 spiro atoms. The summed E-state index contributed by atoms with van der Waals surface area (Å²) >= 11 is 0. The number of amides is 1. The van der Waals surface area contributed by atoms with Crippen LogP contribution in [0.5, 0.6) is 0 Å². The molecule has 1 aliphatic rings.